The number of benzene rings is 5. The van der Waals surface area contributed by atoms with E-state index < -0.39 is 11.9 Å². The van der Waals surface area contributed by atoms with E-state index in [2.05, 4.69) is 13.8 Å². The minimum atomic E-state index is -0.449. The number of hydrogen-bond acceptors (Lipinski definition) is 9. The van der Waals surface area contributed by atoms with E-state index in [0.29, 0.717) is 40.7 Å². The van der Waals surface area contributed by atoms with Crippen LogP contribution in [-0.2, 0) is 4.74 Å². The van der Waals surface area contributed by atoms with Crippen molar-refractivity contribution in [2.24, 2.45) is 0 Å². The van der Waals surface area contributed by atoms with E-state index in [0.717, 1.165) is 56.7 Å². The van der Waals surface area contributed by atoms with Crippen LogP contribution in [-0.4, -0.2) is 37.7 Å². The van der Waals surface area contributed by atoms with Gasteiger partial charge in [0.1, 0.15) is 27.9 Å². The van der Waals surface area contributed by atoms with Crippen molar-refractivity contribution >= 4 is 39.3 Å². The van der Waals surface area contributed by atoms with Crippen molar-refractivity contribution in [3.8, 4) is 45.3 Å². The molecule has 0 saturated heterocycles. The van der Waals surface area contributed by atoms with E-state index in [-0.39, 0.29) is 12.6 Å². The number of unbranched alkanes of at least 4 members (excludes halogenated alkanes) is 26. The average Bonchev–Trinajstić information content (AvgIpc) is 3.96. The van der Waals surface area contributed by atoms with Crippen molar-refractivity contribution < 1.29 is 38.1 Å². The molecule has 0 N–H and O–H groups in total. The summed E-state index contributed by atoms with van der Waals surface area (Å²) >= 11 is 1.38. The molecule has 0 atom stereocenters. The monoisotopic (exact) mass is 1080 g/mol. The first kappa shape index (κ1) is 61.3. The SMILES string of the molecule is CCCCCCCCCCCCCCCCOc1ccc(C(=O)Oc2ccc(-c3ccc(-c4ccc(OC(=O)c5ccc(OCCCCCCCCCCCCCCCC)cc5)cc4)c4sc(C(=O)OCC)cc34)cc2)cc1. The molecule has 0 spiro atoms. The number of carbonyl (C=O) groups is 3. The molecule has 0 amide bonds. The van der Waals surface area contributed by atoms with Crippen LogP contribution in [0.5, 0.6) is 23.0 Å². The Bertz CT molecular complexity index is 2440. The highest BCUT2D eigenvalue weighted by Crippen LogP contribution is 2.42. The first-order chi connectivity index (χ1) is 38.4. The second-order valence-electron chi connectivity index (χ2n) is 21.0. The van der Waals surface area contributed by atoms with Crippen molar-refractivity contribution in [2.75, 3.05) is 19.8 Å². The first-order valence-corrected chi connectivity index (χ1v) is 31.0. The van der Waals surface area contributed by atoms with Crippen molar-refractivity contribution in [3.63, 3.8) is 0 Å². The number of ether oxygens (including phenoxy) is 5. The molecule has 0 fully saturated rings. The highest BCUT2D eigenvalue weighted by atomic mass is 32.1. The topological polar surface area (TPSA) is 97.4 Å². The molecule has 0 saturated carbocycles. The molecule has 78 heavy (non-hydrogen) atoms. The van der Waals surface area contributed by atoms with Gasteiger partial charge in [0.05, 0.1) is 30.9 Å². The highest BCUT2D eigenvalue weighted by Gasteiger charge is 2.19. The van der Waals surface area contributed by atoms with Gasteiger partial charge in [0, 0.05) is 10.1 Å². The van der Waals surface area contributed by atoms with Crippen LogP contribution in [0.1, 0.15) is 231 Å². The molecule has 420 valence electrons. The van der Waals surface area contributed by atoms with Gasteiger partial charge in [-0.3, -0.25) is 0 Å². The summed E-state index contributed by atoms with van der Waals surface area (Å²) in [6.45, 7) is 7.94. The summed E-state index contributed by atoms with van der Waals surface area (Å²) in [6, 6.07) is 35.0. The molecule has 6 rings (SSSR count). The van der Waals surface area contributed by atoms with Gasteiger partial charge in [0.2, 0.25) is 0 Å². The molecule has 0 radical (unpaired) electrons. The zero-order valence-electron chi connectivity index (χ0n) is 47.6. The predicted molar refractivity (Wildman–Crippen MR) is 323 cm³/mol. The van der Waals surface area contributed by atoms with Gasteiger partial charge in [0.25, 0.3) is 0 Å². The molecule has 0 bridgehead atoms. The lowest BCUT2D eigenvalue weighted by Gasteiger charge is -2.11. The van der Waals surface area contributed by atoms with Gasteiger partial charge < -0.3 is 23.7 Å². The number of carbonyl (C=O) groups excluding carboxylic acids is 3. The third kappa shape index (κ3) is 21.7. The number of rotatable bonds is 40. The summed E-state index contributed by atoms with van der Waals surface area (Å²) in [5, 5.41) is 0.888. The summed E-state index contributed by atoms with van der Waals surface area (Å²) in [6.07, 6.45) is 37.0. The van der Waals surface area contributed by atoms with Gasteiger partial charge in [-0.05, 0) is 121 Å². The maximum atomic E-state index is 13.2. The Morgan fingerprint density at radius 3 is 1.06 bits per heavy atom. The lowest BCUT2D eigenvalue weighted by Crippen LogP contribution is -2.08. The maximum Gasteiger partial charge on any atom is 0.348 e. The summed E-state index contributed by atoms with van der Waals surface area (Å²) in [5.41, 5.74) is 4.52. The Kier molecular flexibility index (Phi) is 28.5. The fraction of sp³-hybridized carbons (Fsp3) is 0.493. The lowest BCUT2D eigenvalue weighted by molar-refractivity contribution is 0.0531. The molecule has 0 unspecified atom stereocenters. The van der Waals surface area contributed by atoms with E-state index in [1.807, 2.05) is 66.7 Å². The van der Waals surface area contributed by atoms with Crippen LogP contribution < -0.4 is 18.9 Å². The second-order valence-corrected chi connectivity index (χ2v) is 22.1. The average molecular weight is 1080 g/mol. The maximum absolute atomic E-state index is 13.2. The Labute approximate surface area is 472 Å². The molecule has 1 heterocycles. The van der Waals surface area contributed by atoms with Crippen molar-refractivity contribution in [1.82, 2.24) is 0 Å². The smallest absolute Gasteiger partial charge is 0.348 e. The molecule has 9 heteroatoms. The van der Waals surface area contributed by atoms with Gasteiger partial charge in [0.15, 0.2) is 0 Å². The molecule has 6 aromatic rings. The number of thiophene rings is 1. The number of esters is 3. The summed E-state index contributed by atoms with van der Waals surface area (Å²) in [4.78, 5) is 39.9. The van der Waals surface area contributed by atoms with E-state index in [1.54, 1.807) is 55.5 Å². The largest absolute Gasteiger partial charge is 0.494 e. The molecule has 8 nitrogen and oxygen atoms in total. The molecular weight excluding hydrogens is 989 g/mol. The fourth-order valence-corrected chi connectivity index (χ4v) is 11.1. The van der Waals surface area contributed by atoms with Gasteiger partial charge >= 0.3 is 17.9 Å². The van der Waals surface area contributed by atoms with Crippen molar-refractivity contribution in [2.45, 2.75) is 201 Å². The zero-order chi connectivity index (χ0) is 54.8. The van der Waals surface area contributed by atoms with Crippen LogP contribution >= 0.6 is 11.3 Å². The molecule has 0 aliphatic rings. The van der Waals surface area contributed by atoms with Gasteiger partial charge in [-0.2, -0.15) is 0 Å². The zero-order valence-corrected chi connectivity index (χ0v) is 48.4. The predicted octanol–water partition coefficient (Wildman–Crippen LogP) is 20.6. The van der Waals surface area contributed by atoms with Crippen LogP contribution in [0, 0.1) is 0 Å². The fourth-order valence-electron chi connectivity index (χ4n) is 9.99. The molecule has 0 aliphatic carbocycles. The van der Waals surface area contributed by atoms with Crippen LogP contribution in [0.25, 0.3) is 32.3 Å². The Balaban J connectivity index is 0.930. The van der Waals surface area contributed by atoms with Gasteiger partial charge in [-0.15, -0.1) is 11.3 Å². The van der Waals surface area contributed by atoms with Crippen LogP contribution in [0.4, 0.5) is 0 Å². The van der Waals surface area contributed by atoms with E-state index in [9.17, 15) is 14.4 Å². The van der Waals surface area contributed by atoms with Crippen molar-refractivity contribution in [3.05, 3.63) is 131 Å². The molecule has 0 aliphatic heterocycles. The van der Waals surface area contributed by atoms with Crippen LogP contribution in [0.15, 0.2) is 115 Å². The number of hydrogen-bond donors (Lipinski definition) is 0. The van der Waals surface area contributed by atoms with E-state index in [4.69, 9.17) is 23.7 Å². The molecule has 1 aromatic heterocycles. The minimum Gasteiger partial charge on any atom is -0.494 e. The second kappa shape index (κ2) is 36.3. The summed E-state index contributed by atoms with van der Waals surface area (Å²) < 4.78 is 29.8. The normalized spacial score (nSPS) is 11.2. The summed E-state index contributed by atoms with van der Waals surface area (Å²) in [5.74, 6) is 1.05. The summed E-state index contributed by atoms with van der Waals surface area (Å²) in [7, 11) is 0. The van der Waals surface area contributed by atoms with Crippen molar-refractivity contribution in [1.29, 1.82) is 0 Å². The third-order valence-corrected chi connectivity index (χ3v) is 15.8. The quantitative estimate of drug-likeness (QED) is 0.0213. The van der Waals surface area contributed by atoms with Crippen LogP contribution in [0.3, 0.4) is 0 Å². The van der Waals surface area contributed by atoms with E-state index >= 15 is 0 Å². The number of fused-ring (bicyclic) bond motifs is 1. The highest BCUT2D eigenvalue weighted by molar-refractivity contribution is 7.21. The molecular formula is C69H90O8S. The molecule has 5 aromatic carbocycles. The standard InChI is InChI=1S/C69H90O8S/c1-4-7-9-11-13-15-17-19-21-23-25-27-29-31-51-74-58-41-37-56(38-42-58)67(70)76-60-45-33-54(34-46-60)62-49-50-63(66-64(62)53-65(78-66)69(72)73-6-3)55-35-47-61(48-36-55)77-68(71)57-39-43-59(44-40-57)75-52-32-30-28-26-24-22-20-18-16-14-12-10-8-5-2/h33-50,53H,4-32,51-52H2,1-3H3. The Morgan fingerprint density at radius 2 is 0.692 bits per heavy atom. The first-order valence-electron chi connectivity index (χ1n) is 30.2. The van der Waals surface area contributed by atoms with Gasteiger partial charge in [-0.25, -0.2) is 14.4 Å². The van der Waals surface area contributed by atoms with E-state index in [1.165, 1.54) is 178 Å². The Hall–Kier alpha value is -5.93. The minimum absolute atomic E-state index is 0.266. The van der Waals surface area contributed by atoms with Gasteiger partial charge in [-0.1, -0.05) is 217 Å². The Morgan fingerprint density at radius 1 is 0.359 bits per heavy atom. The van der Waals surface area contributed by atoms with Crippen LogP contribution in [0.2, 0.25) is 0 Å². The lowest BCUT2D eigenvalue weighted by atomic mass is 9.96. The third-order valence-electron chi connectivity index (χ3n) is 14.6.